The number of ether oxygens (including phenoxy) is 1. The molecule has 1 aromatic rings. The minimum atomic E-state index is -0.294. The number of carbonyl (C=O) groups excluding carboxylic acids is 1. The molecule has 3 aliphatic rings. The van der Waals surface area contributed by atoms with Gasteiger partial charge in [-0.05, 0) is 86.2 Å². The lowest BCUT2D eigenvalue weighted by molar-refractivity contribution is -0.140. The fourth-order valence-corrected chi connectivity index (χ4v) is 6.61. The molecule has 1 heterocycles. The molecule has 0 aromatic heterocycles. The summed E-state index contributed by atoms with van der Waals surface area (Å²) in [6, 6.07) is 3.91. The summed E-state index contributed by atoms with van der Waals surface area (Å²) in [6.45, 7) is 4.30. The molecule has 4 rings (SSSR count). The van der Waals surface area contributed by atoms with Gasteiger partial charge in [-0.15, -0.1) is 0 Å². The molecule has 1 unspecified atom stereocenters. The molecule has 3 heteroatoms. The molecule has 0 radical (unpaired) electrons. The number of hydrogen-bond donors (Lipinski definition) is 0. The first-order valence-corrected chi connectivity index (χ1v) is 13.1. The third kappa shape index (κ3) is 5.34. The van der Waals surface area contributed by atoms with Crippen LogP contribution < -0.4 is 4.74 Å². The van der Waals surface area contributed by atoms with E-state index in [0.717, 1.165) is 54.1 Å². The highest BCUT2D eigenvalue weighted by molar-refractivity contribution is 5.78. The van der Waals surface area contributed by atoms with E-state index in [0.29, 0.717) is 6.42 Å². The lowest BCUT2D eigenvalue weighted by Gasteiger charge is -2.38. The fourth-order valence-electron chi connectivity index (χ4n) is 6.61. The Morgan fingerprint density at radius 2 is 1.52 bits per heavy atom. The van der Waals surface area contributed by atoms with E-state index in [2.05, 4.69) is 6.92 Å². The molecule has 0 bridgehead atoms. The largest absolute Gasteiger partial charge is 0.423 e. The predicted octanol–water partition coefficient (Wildman–Crippen LogP) is 7.66. The molecule has 1 aliphatic heterocycles. The minimum absolute atomic E-state index is 0.130. The van der Waals surface area contributed by atoms with Gasteiger partial charge in [-0.3, -0.25) is 4.79 Å². The standard InChI is InChI=1S/C28H41FO2/c1-3-5-19-6-11-22(12-7-19)23-13-8-20(9-14-23)10-15-24-16-17-25-18-21(4-2)28(30)31-27(25)26(24)29/h16-17,19-23H,3-15,18H2,1-2H3. The van der Waals surface area contributed by atoms with E-state index in [4.69, 9.17) is 4.74 Å². The Morgan fingerprint density at radius 1 is 0.903 bits per heavy atom. The van der Waals surface area contributed by atoms with Crippen molar-refractivity contribution in [3.8, 4) is 5.75 Å². The second-order valence-electron chi connectivity index (χ2n) is 10.6. The molecule has 172 valence electrons. The van der Waals surface area contributed by atoms with Gasteiger partial charge in [-0.1, -0.05) is 64.5 Å². The average molecular weight is 429 g/mol. The zero-order valence-electron chi connectivity index (χ0n) is 19.6. The first-order valence-electron chi connectivity index (χ1n) is 13.1. The van der Waals surface area contributed by atoms with E-state index in [9.17, 15) is 4.79 Å². The molecule has 2 aliphatic carbocycles. The van der Waals surface area contributed by atoms with Crippen molar-refractivity contribution in [2.45, 2.75) is 104 Å². The number of aryl methyl sites for hydroxylation is 1. The maximum Gasteiger partial charge on any atom is 0.314 e. The van der Waals surface area contributed by atoms with Crippen LogP contribution >= 0.6 is 0 Å². The van der Waals surface area contributed by atoms with Crippen LogP contribution in [0.5, 0.6) is 5.75 Å². The van der Waals surface area contributed by atoms with Crippen molar-refractivity contribution in [2.24, 2.45) is 29.6 Å². The summed E-state index contributed by atoms with van der Waals surface area (Å²) in [4.78, 5) is 12.1. The van der Waals surface area contributed by atoms with Gasteiger partial charge in [-0.25, -0.2) is 4.39 Å². The third-order valence-electron chi connectivity index (χ3n) is 8.72. The molecule has 31 heavy (non-hydrogen) atoms. The van der Waals surface area contributed by atoms with E-state index in [1.165, 1.54) is 64.2 Å². The maximum atomic E-state index is 15.0. The smallest absolute Gasteiger partial charge is 0.314 e. The van der Waals surface area contributed by atoms with Gasteiger partial charge in [0.05, 0.1) is 5.92 Å². The van der Waals surface area contributed by atoms with E-state index < -0.39 is 0 Å². The lowest BCUT2D eigenvalue weighted by atomic mass is 9.68. The monoisotopic (exact) mass is 428 g/mol. The second kappa shape index (κ2) is 10.5. The number of benzene rings is 1. The SMILES string of the molecule is CCCC1CCC(C2CCC(CCc3ccc4c(c3F)OC(=O)C(CC)C4)CC2)CC1. The molecule has 0 saturated heterocycles. The van der Waals surface area contributed by atoms with Crippen LogP contribution in [0.4, 0.5) is 4.39 Å². The lowest BCUT2D eigenvalue weighted by Crippen LogP contribution is -2.28. The van der Waals surface area contributed by atoms with E-state index in [1.807, 2.05) is 19.1 Å². The molecule has 2 nitrogen and oxygen atoms in total. The molecule has 0 N–H and O–H groups in total. The van der Waals surface area contributed by atoms with Crippen molar-refractivity contribution in [1.29, 1.82) is 0 Å². The molecule has 2 saturated carbocycles. The Kier molecular flexibility index (Phi) is 7.72. The summed E-state index contributed by atoms with van der Waals surface area (Å²) >= 11 is 0. The normalized spacial score (nSPS) is 31.2. The zero-order chi connectivity index (χ0) is 21.8. The van der Waals surface area contributed by atoms with Crippen LogP contribution in [0.2, 0.25) is 0 Å². The highest BCUT2D eigenvalue weighted by atomic mass is 19.1. The Labute approximate surface area is 188 Å². The highest BCUT2D eigenvalue weighted by Crippen LogP contribution is 2.43. The van der Waals surface area contributed by atoms with E-state index >= 15 is 4.39 Å². The molecular weight excluding hydrogens is 387 g/mol. The van der Waals surface area contributed by atoms with Crippen molar-refractivity contribution in [3.05, 3.63) is 29.1 Å². The van der Waals surface area contributed by atoms with Crippen molar-refractivity contribution in [1.82, 2.24) is 0 Å². The van der Waals surface area contributed by atoms with Crippen molar-refractivity contribution in [2.75, 3.05) is 0 Å². The summed E-state index contributed by atoms with van der Waals surface area (Å²) in [6.07, 6.45) is 17.1. The first kappa shape index (κ1) is 22.8. The third-order valence-corrected chi connectivity index (χ3v) is 8.72. The van der Waals surface area contributed by atoms with Crippen LogP contribution in [0.3, 0.4) is 0 Å². The van der Waals surface area contributed by atoms with Gasteiger partial charge in [0.2, 0.25) is 0 Å². The molecule has 1 atom stereocenters. The molecule has 1 aromatic carbocycles. The van der Waals surface area contributed by atoms with Crippen LogP contribution in [0.1, 0.15) is 102 Å². The number of esters is 1. The van der Waals surface area contributed by atoms with Gasteiger partial charge in [0.25, 0.3) is 0 Å². The topological polar surface area (TPSA) is 26.3 Å². The van der Waals surface area contributed by atoms with Gasteiger partial charge < -0.3 is 4.74 Å². The summed E-state index contributed by atoms with van der Waals surface area (Å²) in [5.41, 5.74) is 1.57. The number of halogens is 1. The fraction of sp³-hybridized carbons (Fsp3) is 0.750. The predicted molar refractivity (Wildman–Crippen MR) is 124 cm³/mol. The molecule has 2 fully saturated rings. The van der Waals surface area contributed by atoms with Gasteiger partial charge >= 0.3 is 5.97 Å². The molecule has 0 amide bonds. The highest BCUT2D eigenvalue weighted by Gasteiger charge is 2.32. The van der Waals surface area contributed by atoms with Crippen LogP contribution in [0.15, 0.2) is 12.1 Å². The van der Waals surface area contributed by atoms with Gasteiger partial charge in [0.1, 0.15) is 0 Å². The summed E-state index contributed by atoms with van der Waals surface area (Å²) in [5, 5.41) is 0. The molecule has 0 spiro atoms. The van der Waals surface area contributed by atoms with Gasteiger partial charge in [-0.2, -0.15) is 0 Å². The van der Waals surface area contributed by atoms with Crippen molar-refractivity contribution >= 4 is 5.97 Å². The second-order valence-corrected chi connectivity index (χ2v) is 10.6. The summed E-state index contributed by atoms with van der Waals surface area (Å²) in [7, 11) is 0. The molecular formula is C28H41FO2. The number of fused-ring (bicyclic) bond motifs is 1. The Balaban J connectivity index is 1.25. The Bertz CT molecular complexity index is 742. The van der Waals surface area contributed by atoms with Crippen LogP contribution in [0, 0.1) is 35.4 Å². The minimum Gasteiger partial charge on any atom is -0.423 e. The van der Waals surface area contributed by atoms with E-state index in [1.54, 1.807) is 0 Å². The van der Waals surface area contributed by atoms with Crippen molar-refractivity contribution < 1.29 is 13.9 Å². The Morgan fingerprint density at radius 3 is 2.10 bits per heavy atom. The van der Waals surface area contributed by atoms with Crippen molar-refractivity contribution in [3.63, 3.8) is 0 Å². The summed E-state index contributed by atoms with van der Waals surface area (Å²) in [5.74, 6) is 3.13. The maximum absolute atomic E-state index is 15.0. The quantitative estimate of drug-likeness (QED) is 0.329. The number of rotatable bonds is 7. The van der Waals surface area contributed by atoms with E-state index in [-0.39, 0.29) is 23.5 Å². The van der Waals surface area contributed by atoms with Gasteiger partial charge in [0, 0.05) is 0 Å². The number of hydrogen-bond acceptors (Lipinski definition) is 2. The zero-order valence-corrected chi connectivity index (χ0v) is 19.6. The van der Waals surface area contributed by atoms with Crippen LogP contribution in [-0.4, -0.2) is 5.97 Å². The first-order chi connectivity index (χ1) is 15.1. The summed E-state index contributed by atoms with van der Waals surface area (Å²) < 4.78 is 20.4. The van der Waals surface area contributed by atoms with Gasteiger partial charge in [0.15, 0.2) is 11.6 Å². The van der Waals surface area contributed by atoms with Crippen LogP contribution in [-0.2, 0) is 17.6 Å². The number of carbonyl (C=O) groups is 1. The van der Waals surface area contributed by atoms with Crippen LogP contribution in [0.25, 0.3) is 0 Å². The average Bonchev–Trinajstić information content (AvgIpc) is 2.80. The Hall–Kier alpha value is -1.38.